The topological polar surface area (TPSA) is 21.3 Å². The maximum Gasteiger partial charge on any atom is 0.156 e. The minimum Gasteiger partial charge on any atom is -0.493 e. The van der Waals surface area contributed by atoms with Crippen LogP contribution in [0.2, 0.25) is 5.02 Å². The summed E-state index contributed by atoms with van der Waals surface area (Å²) in [4.78, 5) is 0. The fraction of sp³-hybridized carbons (Fsp3) is 0.167. The van der Waals surface area contributed by atoms with E-state index in [1.54, 1.807) is 18.4 Å². The van der Waals surface area contributed by atoms with Crippen molar-refractivity contribution in [3.63, 3.8) is 0 Å². The summed E-state index contributed by atoms with van der Waals surface area (Å²) in [6, 6.07) is 5.76. The molecular formula is C12H11BrClNOS. The van der Waals surface area contributed by atoms with Gasteiger partial charge in [-0.25, -0.2) is 0 Å². The van der Waals surface area contributed by atoms with Crippen molar-refractivity contribution in [1.29, 1.82) is 0 Å². The number of hydrogen-bond donors (Lipinski definition) is 1. The van der Waals surface area contributed by atoms with Crippen LogP contribution in [-0.4, -0.2) is 7.11 Å². The van der Waals surface area contributed by atoms with Gasteiger partial charge in [-0.3, -0.25) is 0 Å². The number of ether oxygens (including phenoxy) is 1. The highest BCUT2D eigenvalue weighted by Crippen LogP contribution is 2.36. The molecule has 0 amide bonds. The number of nitrogens with one attached hydrogen (secondary N) is 1. The number of methoxy groups -OCH3 is 1. The van der Waals surface area contributed by atoms with E-state index in [2.05, 4.69) is 38.1 Å². The normalized spacial score (nSPS) is 10.3. The van der Waals surface area contributed by atoms with Gasteiger partial charge in [-0.15, -0.1) is 0 Å². The molecule has 0 aliphatic rings. The molecule has 0 bridgehead atoms. The highest BCUT2D eigenvalue weighted by molar-refractivity contribution is 9.10. The van der Waals surface area contributed by atoms with Gasteiger partial charge in [0.2, 0.25) is 0 Å². The lowest BCUT2D eigenvalue weighted by Gasteiger charge is -2.12. The second-order valence-corrected chi connectivity index (χ2v) is 5.52. The van der Waals surface area contributed by atoms with Crippen molar-refractivity contribution >= 4 is 44.6 Å². The van der Waals surface area contributed by atoms with E-state index in [1.165, 1.54) is 5.56 Å². The van der Waals surface area contributed by atoms with Gasteiger partial charge in [0.25, 0.3) is 0 Å². The molecule has 5 heteroatoms. The second-order valence-electron chi connectivity index (χ2n) is 3.45. The Balaban J connectivity index is 2.19. The molecule has 0 aliphatic heterocycles. The van der Waals surface area contributed by atoms with Crippen LogP contribution < -0.4 is 10.1 Å². The Morgan fingerprint density at radius 1 is 1.47 bits per heavy atom. The van der Waals surface area contributed by atoms with Gasteiger partial charge in [0.05, 0.1) is 17.3 Å². The van der Waals surface area contributed by atoms with Crippen LogP contribution in [0.25, 0.3) is 0 Å². The van der Waals surface area contributed by atoms with Crippen LogP contribution in [0.5, 0.6) is 5.75 Å². The highest BCUT2D eigenvalue weighted by atomic mass is 79.9. The Labute approximate surface area is 118 Å². The van der Waals surface area contributed by atoms with Crippen LogP contribution in [0.15, 0.2) is 33.4 Å². The molecule has 0 saturated carbocycles. The largest absolute Gasteiger partial charge is 0.493 e. The van der Waals surface area contributed by atoms with Crippen LogP contribution in [0, 0.1) is 0 Å². The summed E-state index contributed by atoms with van der Waals surface area (Å²) in [6.45, 7) is 0.757. The molecule has 2 rings (SSSR count). The maximum atomic E-state index is 6.02. The predicted molar refractivity (Wildman–Crippen MR) is 77.3 cm³/mol. The predicted octanol–water partition coefficient (Wildman–Crippen LogP) is 4.78. The van der Waals surface area contributed by atoms with Gasteiger partial charge in [0, 0.05) is 11.6 Å². The summed E-state index contributed by atoms with van der Waals surface area (Å²) in [5.74, 6) is 0.768. The maximum absolute atomic E-state index is 6.02. The summed E-state index contributed by atoms with van der Waals surface area (Å²) in [6.07, 6.45) is 0. The van der Waals surface area contributed by atoms with E-state index < -0.39 is 0 Å². The monoisotopic (exact) mass is 331 g/mol. The first kappa shape index (κ1) is 12.7. The smallest absolute Gasteiger partial charge is 0.156 e. The minimum atomic E-state index is 0.672. The second kappa shape index (κ2) is 5.76. The minimum absolute atomic E-state index is 0.672. The summed E-state index contributed by atoms with van der Waals surface area (Å²) >= 11 is 11.1. The van der Waals surface area contributed by atoms with Gasteiger partial charge in [0.15, 0.2) is 5.75 Å². The third kappa shape index (κ3) is 3.15. The molecule has 0 radical (unpaired) electrons. The third-order valence-corrected chi connectivity index (χ3v) is 3.81. The Hall–Kier alpha value is -0.710. The number of benzene rings is 1. The van der Waals surface area contributed by atoms with E-state index in [4.69, 9.17) is 16.3 Å². The van der Waals surface area contributed by atoms with Crippen LogP contribution in [0.1, 0.15) is 5.56 Å². The average molecular weight is 333 g/mol. The van der Waals surface area contributed by atoms with Crippen molar-refractivity contribution in [2.75, 3.05) is 12.4 Å². The summed E-state index contributed by atoms with van der Waals surface area (Å²) in [7, 11) is 1.64. The first-order chi connectivity index (χ1) is 8.20. The molecule has 1 aromatic heterocycles. The molecule has 0 fully saturated rings. The number of thiophene rings is 1. The van der Waals surface area contributed by atoms with Gasteiger partial charge < -0.3 is 10.1 Å². The molecule has 17 heavy (non-hydrogen) atoms. The molecular weight excluding hydrogens is 322 g/mol. The lowest BCUT2D eigenvalue weighted by molar-refractivity contribution is 0.414. The zero-order valence-corrected chi connectivity index (χ0v) is 12.3. The quantitative estimate of drug-likeness (QED) is 0.869. The molecule has 1 aromatic carbocycles. The molecule has 1 N–H and O–H groups in total. The van der Waals surface area contributed by atoms with E-state index in [1.807, 2.05) is 12.1 Å². The fourth-order valence-corrected chi connectivity index (χ4v) is 3.13. The van der Waals surface area contributed by atoms with Gasteiger partial charge in [0.1, 0.15) is 0 Å². The average Bonchev–Trinajstić information content (AvgIpc) is 2.78. The van der Waals surface area contributed by atoms with Gasteiger partial charge in [-0.1, -0.05) is 11.6 Å². The standard InChI is InChI=1S/C12H11BrClNOS/c1-16-12-10(13)4-9(14)5-11(12)15-6-8-2-3-17-7-8/h2-5,7,15H,6H2,1H3. The van der Waals surface area contributed by atoms with Gasteiger partial charge in [-0.2, -0.15) is 11.3 Å². The van der Waals surface area contributed by atoms with Crippen molar-refractivity contribution in [2.24, 2.45) is 0 Å². The van der Waals surface area contributed by atoms with Crippen LogP contribution >= 0.6 is 38.9 Å². The van der Waals surface area contributed by atoms with Crippen LogP contribution in [-0.2, 0) is 6.54 Å². The molecule has 2 nitrogen and oxygen atoms in total. The molecule has 1 heterocycles. The third-order valence-electron chi connectivity index (χ3n) is 2.28. The summed E-state index contributed by atoms with van der Waals surface area (Å²) in [5.41, 5.74) is 2.13. The van der Waals surface area contributed by atoms with Crippen molar-refractivity contribution in [2.45, 2.75) is 6.54 Å². The van der Waals surface area contributed by atoms with Crippen molar-refractivity contribution < 1.29 is 4.74 Å². The Morgan fingerprint density at radius 2 is 2.29 bits per heavy atom. The Kier molecular flexibility index (Phi) is 4.31. The van der Waals surface area contributed by atoms with E-state index in [0.29, 0.717) is 5.02 Å². The van der Waals surface area contributed by atoms with Crippen molar-refractivity contribution in [3.05, 3.63) is 44.0 Å². The van der Waals surface area contributed by atoms with Crippen molar-refractivity contribution in [1.82, 2.24) is 0 Å². The molecule has 0 saturated heterocycles. The first-order valence-electron chi connectivity index (χ1n) is 4.98. The molecule has 2 aromatic rings. The number of halogens is 2. The highest BCUT2D eigenvalue weighted by Gasteiger charge is 2.09. The van der Waals surface area contributed by atoms with Crippen LogP contribution in [0.3, 0.4) is 0 Å². The number of rotatable bonds is 4. The van der Waals surface area contributed by atoms with Crippen LogP contribution in [0.4, 0.5) is 5.69 Å². The van der Waals surface area contributed by atoms with E-state index in [-0.39, 0.29) is 0 Å². The first-order valence-corrected chi connectivity index (χ1v) is 7.10. The SMILES string of the molecule is COc1c(Br)cc(Cl)cc1NCc1ccsc1. The van der Waals surface area contributed by atoms with E-state index in [9.17, 15) is 0 Å². The fourth-order valence-electron chi connectivity index (χ4n) is 1.49. The molecule has 0 unspecified atom stereocenters. The zero-order valence-electron chi connectivity index (χ0n) is 9.17. The Bertz CT molecular complexity index is 501. The molecule has 0 atom stereocenters. The summed E-state index contributed by atoms with van der Waals surface area (Å²) in [5, 5.41) is 8.16. The molecule has 0 spiro atoms. The van der Waals surface area contributed by atoms with Gasteiger partial charge in [-0.05, 0) is 50.5 Å². The van der Waals surface area contributed by atoms with E-state index >= 15 is 0 Å². The lowest BCUT2D eigenvalue weighted by atomic mass is 10.2. The van der Waals surface area contributed by atoms with E-state index in [0.717, 1.165) is 22.5 Å². The summed E-state index contributed by atoms with van der Waals surface area (Å²) < 4.78 is 6.18. The number of hydrogen-bond acceptors (Lipinski definition) is 3. The zero-order chi connectivity index (χ0) is 12.3. The van der Waals surface area contributed by atoms with Crippen molar-refractivity contribution in [3.8, 4) is 5.75 Å². The molecule has 90 valence electrons. The Morgan fingerprint density at radius 3 is 2.94 bits per heavy atom. The number of anilines is 1. The van der Waals surface area contributed by atoms with Gasteiger partial charge >= 0.3 is 0 Å². The lowest BCUT2D eigenvalue weighted by Crippen LogP contribution is -2.01. The molecule has 0 aliphatic carbocycles.